The lowest BCUT2D eigenvalue weighted by Gasteiger charge is -2.31. The molecule has 4 nitrogen and oxygen atoms in total. The van der Waals surface area contributed by atoms with E-state index in [0.717, 1.165) is 43.6 Å². The second-order valence-electron chi connectivity index (χ2n) is 5.95. The van der Waals surface area contributed by atoms with Crippen molar-refractivity contribution in [2.75, 3.05) is 20.2 Å². The third-order valence-electron chi connectivity index (χ3n) is 4.50. The molecule has 1 fully saturated rings. The molecule has 0 saturated carbocycles. The number of carbonyl (C=O) groups excluding carboxylic acids is 1. The molecule has 0 spiro atoms. The van der Waals surface area contributed by atoms with Gasteiger partial charge in [-0.25, -0.2) is 0 Å². The fourth-order valence-electron chi connectivity index (χ4n) is 3.32. The molecule has 3 rings (SSSR count). The van der Waals surface area contributed by atoms with Crippen molar-refractivity contribution in [3.8, 4) is 5.75 Å². The molecule has 2 aromatic rings. The number of ether oxygens (including phenoxy) is 1. The SMILES string of the molecule is COc1ccc(CN2CCC[C@@H](C(N)=O)C2)c2ccccc12. The highest BCUT2D eigenvalue weighted by atomic mass is 16.5. The summed E-state index contributed by atoms with van der Waals surface area (Å²) in [7, 11) is 1.70. The van der Waals surface area contributed by atoms with Crippen molar-refractivity contribution in [3.05, 3.63) is 42.0 Å². The molecule has 0 bridgehead atoms. The van der Waals surface area contributed by atoms with Gasteiger partial charge in [-0.15, -0.1) is 0 Å². The number of carbonyl (C=O) groups is 1. The molecule has 2 aromatic carbocycles. The van der Waals surface area contributed by atoms with E-state index in [9.17, 15) is 4.79 Å². The molecule has 1 aliphatic heterocycles. The third kappa shape index (κ3) is 2.92. The van der Waals surface area contributed by atoms with Crippen LogP contribution in [0.5, 0.6) is 5.75 Å². The Hall–Kier alpha value is -2.07. The third-order valence-corrected chi connectivity index (χ3v) is 4.50. The minimum Gasteiger partial charge on any atom is -0.496 e. The maximum Gasteiger partial charge on any atom is 0.221 e. The van der Waals surface area contributed by atoms with E-state index in [1.54, 1.807) is 7.11 Å². The van der Waals surface area contributed by atoms with Crippen LogP contribution in [0.15, 0.2) is 36.4 Å². The maximum atomic E-state index is 11.4. The number of amides is 1. The largest absolute Gasteiger partial charge is 0.496 e. The van der Waals surface area contributed by atoms with E-state index in [-0.39, 0.29) is 11.8 Å². The van der Waals surface area contributed by atoms with Crippen molar-refractivity contribution in [1.82, 2.24) is 4.90 Å². The molecular formula is C18H22N2O2. The van der Waals surface area contributed by atoms with Gasteiger partial charge < -0.3 is 10.5 Å². The molecule has 0 unspecified atom stereocenters. The summed E-state index contributed by atoms with van der Waals surface area (Å²) >= 11 is 0. The second kappa shape index (κ2) is 6.36. The van der Waals surface area contributed by atoms with Gasteiger partial charge >= 0.3 is 0 Å². The van der Waals surface area contributed by atoms with Gasteiger partial charge in [-0.05, 0) is 36.4 Å². The van der Waals surface area contributed by atoms with E-state index >= 15 is 0 Å². The molecule has 4 heteroatoms. The van der Waals surface area contributed by atoms with Gasteiger partial charge in [0.2, 0.25) is 5.91 Å². The normalized spacial score (nSPS) is 19.2. The first-order chi connectivity index (χ1) is 10.7. The van der Waals surface area contributed by atoms with Crippen LogP contribution in [0, 0.1) is 5.92 Å². The average molecular weight is 298 g/mol. The summed E-state index contributed by atoms with van der Waals surface area (Å²) in [5.74, 6) is 0.704. The number of piperidine rings is 1. The fraction of sp³-hybridized carbons (Fsp3) is 0.389. The second-order valence-corrected chi connectivity index (χ2v) is 5.95. The Morgan fingerprint density at radius 1 is 1.27 bits per heavy atom. The van der Waals surface area contributed by atoms with Crippen LogP contribution in [0.3, 0.4) is 0 Å². The number of methoxy groups -OCH3 is 1. The van der Waals surface area contributed by atoms with Crippen molar-refractivity contribution < 1.29 is 9.53 Å². The number of nitrogens with zero attached hydrogens (tertiary/aromatic N) is 1. The number of benzene rings is 2. The van der Waals surface area contributed by atoms with E-state index in [4.69, 9.17) is 10.5 Å². The molecule has 2 N–H and O–H groups in total. The number of nitrogens with two attached hydrogens (primary N) is 1. The summed E-state index contributed by atoms with van der Waals surface area (Å²) in [6.45, 7) is 2.62. The summed E-state index contributed by atoms with van der Waals surface area (Å²) < 4.78 is 5.45. The fourth-order valence-corrected chi connectivity index (χ4v) is 3.32. The molecule has 1 atom stereocenters. The molecule has 0 aromatic heterocycles. The van der Waals surface area contributed by atoms with Gasteiger partial charge in [0.1, 0.15) is 5.75 Å². The minimum atomic E-state index is -0.177. The summed E-state index contributed by atoms with van der Waals surface area (Å²) in [5, 5.41) is 2.34. The Morgan fingerprint density at radius 3 is 2.77 bits per heavy atom. The van der Waals surface area contributed by atoms with Gasteiger partial charge in [0, 0.05) is 18.5 Å². The molecule has 22 heavy (non-hydrogen) atoms. The predicted molar refractivity (Wildman–Crippen MR) is 87.7 cm³/mol. The Kier molecular flexibility index (Phi) is 4.29. The minimum absolute atomic E-state index is 0.0155. The topological polar surface area (TPSA) is 55.6 Å². The van der Waals surface area contributed by atoms with Gasteiger partial charge in [-0.3, -0.25) is 9.69 Å². The zero-order valence-corrected chi connectivity index (χ0v) is 12.9. The van der Waals surface area contributed by atoms with E-state index in [1.807, 2.05) is 18.2 Å². The highest BCUT2D eigenvalue weighted by molar-refractivity contribution is 5.91. The molecule has 1 amide bonds. The zero-order chi connectivity index (χ0) is 15.5. The summed E-state index contributed by atoms with van der Waals surface area (Å²) in [5.41, 5.74) is 6.73. The van der Waals surface area contributed by atoms with Crippen LogP contribution in [0.1, 0.15) is 18.4 Å². The molecular weight excluding hydrogens is 276 g/mol. The van der Waals surface area contributed by atoms with Crippen LogP contribution < -0.4 is 10.5 Å². The van der Waals surface area contributed by atoms with Crippen LogP contribution in [0.4, 0.5) is 0 Å². The van der Waals surface area contributed by atoms with Crippen molar-refractivity contribution >= 4 is 16.7 Å². The average Bonchev–Trinajstić information content (AvgIpc) is 2.55. The number of hydrogen-bond acceptors (Lipinski definition) is 3. The number of hydrogen-bond donors (Lipinski definition) is 1. The van der Waals surface area contributed by atoms with Crippen molar-refractivity contribution in [2.24, 2.45) is 11.7 Å². The van der Waals surface area contributed by atoms with Crippen molar-refractivity contribution in [2.45, 2.75) is 19.4 Å². The van der Waals surface area contributed by atoms with E-state index < -0.39 is 0 Å². The van der Waals surface area contributed by atoms with Gasteiger partial charge in [-0.1, -0.05) is 30.3 Å². The number of primary amides is 1. The monoisotopic (exact) mass is 298 g/mol. The first-order valence-corrected chi connectivity index (χ1v) is 7.75. The van der Waals surface area contributed by atoms with Gasteiger partial charge in [0.05, 0.1) is 13.0 Å². The number of rotatable bonds is 4. The van der Waals surface area contributed by atoms with E-state index in [1.165, 1.54) is 10.9 Å². The Balaban J connectivity index is 1.86. The lowest BCUT2D eigenvalue weighted by molar-refractivity contribution is -0.123. The molecule has 0 radical (unpaired) electrons. The van der Waals surface area contributed by atoms with E-state index in [2.05, 4.69) is 23.1 Å². The van der Waals surface area contributed by atoms with Gasteiger partial charge in [0.25, 0.3) is 0 Å². The standard InChI is InChI=1S/C18H22N2O2/c1-22-17-9-8-13(15-6-2-3-7-16(15)17)11-20-10-4-5-14(12-20)18(19)21/h2-3,6-9,14H,4-5,10-12H2,1H3,(H2,19,21)/t14-/m1/s1. The number of likely N-dealkylation sites (tertiary alicyclic amines) is 1. The van der Waals surface area contributed by atoms with E-state index in [0.29, 0.717) is 0 Å². The molecule has 0 aliphatic carbocycles. The summed E-state index contributed by atoms with van der Waals surface area (Å²) in [6.07, 6.45) is 1.94. The van der Waals surface area contributed by atoms with Crippen molar-refractivity contribution in [1.29, 1.82) is 0 Å². The molecule has 1 aliphatic rings. The first kappa shape index (κ1) is 14.9. The summed E-state index contributed by atoms with van der Waals surface area (Å²) in [4.78, 5) is 13.8. The molecule has 1 saturated heterocycles. The predicted octanol–water partition coefficient (Wildman–Crippen LogP) is 2.55. The van der Waals surface area contributed by atoms with Crippen LogP contribution in [0.2, 0.25) is 0 Å². The Morgan fingerprint density at radius 2 is 2.05 bits per heavy atom. The van der Waals surface area contributed by atoms with Crippen LogP contribution in [-0.2, 0) is 11.3 Å². The lowest BCUT2D eigenvalue weighted by atomic mass is 9.96. The summed E-state index contributed by atoms with van der Waals surface area (Å²) in [6, 6.07) is 12.4. The molecule has 1 heterocycles. The maximum absolute atomic E-state index is 11.4. The highest BCUT2D eigenvalue weighted by Crippen LogP contribution is 2.29. The smallest absolute Gasteiger partial charge is 0.221 e. The zero-order valence-electron chi connectivity index (χ0n) is 12.9. The first-order valence-electron chi connectivity index (χ1n) is 7.75. The number of fused-ring (bicyclic) bond motifs is 1. The van der Waals surface area contributed by atoms with Gasteiger partial charge in [-0.2, -0.15) is 0 Å². The van der Waals surface area contributed by atoms with Crippen LogP contribution in [0.25, 0.3) is 10.8 Å². The lowest BCUT2D eigenvalue weighted by Crippen LogP contribution is -2.40. The van der Waals surface area contributed by atoms with Crippen molar-refractivity contribution in [3.63, 3.8) is 0 Å². The van der Waals surface area contributed by atoms with Crippen LogP contribution >= 0.6 is 0 Å². The highest BCUT2D eigenvalue weighted by Gasteiger charge is 2.24. The molecule has 116 valence electrons. The van der Waals surface area contributed by atoms with Crippen LogP contribution in [-0.4, -0.2) is 31.0 Å². The quantitative estimate of drug-likeness (QED) is 0.943. The Labute approximate surface area is 130 Å². The van der Waals surface area contributed by atoms with Gasteiger partial charge in [0.15, 0.2) is 0 Å². The Bertz CT molecular complexity index is 684.